The molecule has 0 bridgehead atoms. The van der Waals surface area contributed by atoms with E-state index in [1.54, 1.807) is 12.3 Å². The van der Waals surface area contributed by atoms with Gasteiger partial charge in [0.2, 0.25) is 5.95 Å². The molecule has 2 aromatic rings. The minimum Gasteiger partial charge on any atom is -0.349 e. The number of carbonyl (C=O) groups excluding carboxylic acids is 1. The molecule has 0 fully saturated rings. The fraction of sp³-hybridized carbons (Fsp3) is 0.389. The van der Waals surface area contributed by atoms with Crippen LogP contribution in [0.3, 0.4) is 0 Å². The summed E-state index contributed by atoms with van der Waals surface area (Å²) in [6.45, 7) is 6.17. The van der Waals surface area contributed by atoms with Gasteiger partial charge in [0.1, 0.15) is 5.69 Å². The Labute approximate surface area is 143 Å². The first kappa shape index (κ1) is 17.9. The second kappa shape index (κ2) is 8.40. The average molecular weight is 327 g/mol. The normalized spacial score (nSPS) is 10.7. The molecule has 0 saturated carbocycles. The van der Waals surface area contributed by atoms with Crippen LogP contribution in [0, 0.1) is 6.92 Å². The summed E-state index contributed by atoms with van der Waals surface area (Å²) in [6.07, 6.45) is 1.63. The molecule has 1 heterocycles. The molecule has 2 rings (SSSR count). The topological polar surface area (TPSA) is 61.4 Å². The number of aromatic nitrogens is 2. The van der Waals surface area contributed by atoms with E-state index in [1.807, 2.05) is 55.9 Å². The van der Waals surface area contributed by atoms with Gasteiger partial charge in [-0.25, -0.2) is 9.97 Å². The quantitative estimate of drug-likeness (QED) is 0.845. The Hall–Kier alpha value is -2.47. The zero-order valence-electron chi connectivity index (χ0n) is 14.8. The molecule has 1 aromatic heterocycles. The van der Waals surface area contributed by atoms with E-state index in [-0.39, 0.29) is 5.91 Å². The number of aryl methyl sites for hydroxylation is 1. The molecule has 0 saturated heterocycles. The molecule has 0 unspecified atom stereocenters. The predicted octanol–water partition coefficient (Wildman–Crippen LogP) is 2.23. The Balaban J connectivity index is 2.17. The fourth-order valence-electron chi connectivity index (χ4n) is 2.32. The van der Waals surface area contributed by atoms with Gasteiger partial charge in [0.25, 0.3) is 5.91 Å². The summed E-state index contributed by atoms with van der Waals surface area (Å²) < 4.78 is 0. The third-order valence-electron chi connectivity index (χ3n) is 3.59. The van der Waals surface area contributed by atoms with Crippen LogP contribution in [-0.2, 0) is 0 Å². The first-order valence-electron chi connectivity index (χ1n) is 8.11. The van der Waals surface area contributed by atoms with Gasteiger partial charge in [-0.05, 0) is 51.7 Å². The smallest absolute Gasteiger partial charge is 0.270 e. The van der Waals surface area contributed by atoms with Gasteiger partial charge in [-0.3, -0.25) is 4.79 Å². The molecule has 0 aliphatic heterocycles. The molecular formula is C18H25N5O. The van der Waals surface area contributed by atoms with Crippen molar-refractivity contribution in [3.05, 3.63) is 47.8 Å². The zero-order chi connectivity index (χ0) is 17.5. The van der Waals surface area contributed by atoms with Gasteiger partial charge in [-0.2, -0.15) is 0 Å². The molecule has 1 amide bonds. The highest BCUT2D eigenvalue weighted by molar-refractivity contribution is 5.92. The lowest BCUT2D eigenvalue weighted by atomic mass is 10.2. The summed E-state index contributed by atoms with van der Waals surface area (Å²) in [6, 6.07) is 9.79. The van der Waals surface area contributed by atoms with Gasteiger partial charge in [0.15, 0.2) is 0 Å². The summed E-state index contributed by atoms with van der Waals surface area (Å²) in [7, 11) is 3.94. The SMILES string of the molecule is CCN(c1cccc(C)c1)c1nccc(C(=O)NCCN(C)C)n1. The molecule has 6 nitrogen and oxygen atoms in total. The van der Waals surface area contributed by atoms with Crippen molar-refractivity contribution in [2.24, 2.45) is 0 Å². The summed E-state index contributed by atoms with van der Waals surface area (Å²) in [4.78, 5) is 25.0. The second-order valence-electron chi connectivity index (χ2n) is 5.88. The van der Waals surface area contributed by atoms with Crippen molar-refractivity contribution >= 4 is 17.5 Å². The molecule has 128 valence electrons. The van der Waals surface area contributed by atoms with Crippen LogP contribution >= 0.6 is 0 Å². The monoisotopic (exact) mass is 327 g/mol. The molecular weight excluding hydrogens is 302 g/mol. The van der Waals surface area contributed by atoms with E-state index in [4.69, 9.17) is 0 Å². The van der Waals surface area contributed by atoms with Gasteiger partial charge < -0.3 is 15.1 Å². The molecule has 1 aromatic carbocycles. The van der Waals surface area contributed by atoms with Gasteiger partial charge in [-0.1, -0.05) is 12.1 Å². The number of amides is 1. The fourth-order valence-corrected chi connectivity index (χ4v) is 2.32. The van der Waals surface area contributed by atoms with E-state index in [0.717, 1.165) is 18.8 Å². The minimum absolute atomic E-state index is 0.180. The Morgan fingerprint density at radius 1 is 1.25 bits per heavy atom. The Morgan fingerprint density at radius 3 is 2.71 bits per heavy atom. The Bertz CT molecular complexity index is 687. The van der Waals surface area contributed by atoms with Gasteiger partial charge in [0.05, 0.1) is 0 Å². The average Bonchev–Trinajstić information content (AvgIpc) is 2.55. The summed E-state index contributed by atoms with van der Waals surface area (Å²) in [5.41, 5.74) is 2.57. The number of nitrogens with one attached hydrogen (secondary N) is 1. The van der Waals surface area contributed by atoms with E-state index in [2.05, 4.69) is 21.4 Å². The largest absolute Gasteiger partial charge is 0.349 e. The summed E-state index contributed by atoms with van der Waals surface area (Å²) in [5.74, 6) is 0.351. The summed E-state index contributed by atoms with van der Waals surface area (Å²) in [5, 5.41) is 2.87. The molecule has 6 heteroatoms. The third kappa shape index (κ3) is 4.76. The molecule has 1 N–H and O–H groups in total. The van der Waals surface area contributed by atoms with Crippen molar-refractivity contribution < 1.29 is 4.79 Å². The Morgan fingerprint density at radius 2 is 2.04 bits per heavy atom. The van der Waals surface area contributed by atoms with Crippen molar-refractivity contribution in [3.8, 4) is 0 Å². The van der Waals surface area contributed by atoms with Crippen LogP contribution in [0.15, 0.2) is 36.5 Å². The molecule has 24 heavy (non-hydrogen) atoms. The number of nitrogens with zero attached hydrogens (tertiary/aromatic N) is 4. The molecule has 0 atom stereocenters. The number of carbonyl (C=O) groups is 1. The maximum atomic E-state index is 12.2. The maximum Gasteiger partial charge on any atom is 0.270 e. The van der Waals surface area contributed by atoms with Crippen molar-refractivity contribution in [2.45, 2.75) is 13.8 Å². The predicted molar refractivity (Wildman–Crippen MR) is 96.8 cm³/mol. The van der Waals surface area contributed by atoms with Gasteiger partial charge in [-0.15, -0.1) is 0 Å². The molecule has 0 spiro atoms. The first-order valence-corrected chi connectivity index (χ1v) is 8.11. The molecule has 0 aliphatic rings. The van der Waals surface area contributed by atoms with Crippen LogP contribution in [0.5, 0.6) is 0 Å². The standard InChI is InChI=1S/C18H25N5O/c1-5-23(15-8-6-7-14(2)13-15)18-20-10-9-16(21-18)17(24)19-11-12-22(3)4/h6-10,13H,5,11-12H2,1-4H3,(H,19,24). The maximum absolute atomic E-state index is 12.2. The van der Waals surface area contributed by atoms with E-state index < -0.39 is 0 Å². The lowest BCUT2D eigenvalue weighted by Crippen LogP contribution is -2.32. The lowest BCUT2D eigenvalue weighted by molar-refractivity contribution is 0.0946. The first-order chi connectivity index (χ1) is 11.5. The van der Waals surface area contributed by atoms with Crippen molar-refractivity contribution in [3.63, 3.8) is 0 Å². The minimum atomic E-state index is -0.180. The van der Waals surface area contributed by atoms with E-state index in [0.29, 0.717) is 18.2 Å². The van der Waals surface area contributed by atoms with Gasteiger partial charge in [0, 0.05) is 31.5 Å². The zero-order valence-corrected chi connectivity index (χ0v) is 14.8. The second-order valence-corrected chi connectivity index (χ2v) is 5.88. The molecule has 0 aliphatic carbocycles. The highest BCUT2D eigenvalue weighted by Gasteiger charge is 2.14. The Kier molecular flexibility index (Phi) is 6.26. The van der Waals surface area contributed by atoms with Crippen LogP contribution in [0.4, 0.5) is 11.6 Å². The van der Waals surface area contributed by atoms with Gasteiger partial charge >= 0.3 is 0 Å². The van der Waals surface area contributed by atoms with Crippen LogP contribution < -0.4 is 10.2 Å². The van der Waals surface area contributed by atoms with Crippen molar-refractivity contribution in [2.75, 3.05) is 38.6 Å². The van der Waals surface area contributed by atoms with E-state index >= 15 is 0 Å². The third-order valence-corrected chi connectivity index (χ3v) is 3.59. The molecule has 0 radical (unpaired) electrons. The number of rotatable bonds is 7. The number of anilines is 2. The van der Waals surface area contributed by atoms with Crippen LogP contribution in [0.2, 0.25) is 0 Å². The van der Waals surface area contributed by atoms with E-state index in [9.17, 15) is 4.79 Å². The summed E-state index contributed by atoms with van der Waals surface area (Å²) >= 11 is 0. The van der Waals surface area contributed by atoms with Crippen LogP contribution in [0.1, 0.15) is 23.0 Å². The lowest BCUT2D eigenvalue weighted by Gasteiger charge is -2.21. The van der Waals surface area contributed by atoms with Crippen molar-refractivity contribution in [1.29, 1.82) is 0 Å². The van der Waals surface area contributed by atoms with Crippen molar-refractivity contribution in [1.82, 2.24) is 20.2 Å². The number of likely N-dealkylation sites (N-methyl/N-ethyl adjacent to an activating group) is 1. The van der Waals surface area contributed by atoms with E-state index in [1.165, 1.54) is 5.56 Å². The highest BCUT2D eigenvalue weighted by atomic mass is 16.1. The number of hydrogen-bond acceptors (Lipinski definition) is 5. The van der Waals surface area contributed by atoms with Crippen LogP contribution in [-0.4, -0.2) is 54.5 Å². The number of benzene rings is 1. The highest BCUT2D eigenvalue weighted by Crippen LogP contribution is 2.22. The van der Waals surface area contributed by atoms with Crippen LogP contribution in [0.25, 0.3) is 0 Å². The number of hydrogen-bond donors (Lipinski definition) is 1.